The summed E-state index contributed by atoms with van der Waals surface area (Å²) in [4.78, 5) is 4.16. The predicted molar refractivity (Wildman–Crippen MR) is 66.2 cm³/mol. The Bertz CT molecular complexity index is 545. The minimum atomic E-state index is -0.376. The lowest BCUT2D eigenvalue weighted by Crippen LogP contribution is -2.09. The summed E-state index contributed by atoms with van der Waals surface area (Å²) in [6, 6.07) is 4.21. The van der Waals surface area contributed by atoms with Crippen molar-refractivity contribution in [2.75, 3.05) is 0 Å². The Kier molecular flexibility index (Phi) is 3.53. The summed E-state index contributed by atoms with van der Waals surface area (Å²) >= 11 is 0. The van der Waals surface area contributed by atoms with Gasteiger partial charge in [-0.1, -0.05) is 11.2 Å². The standard InChI is InChI=1S/C13H14FN3O/c1-3-4-11(15)13-16-12(17-18-13)9-5-8(2)6-10(14)7-9/h3,5-7,11H,1,4,15H2,2H3. The van der Waals surface area contributed by atoms with Crippen LogP contribution in [0.25, 0.3) is 11.4 Å². The van der Waals surface area contributed by atoms with Gasteiger partial charge in [0.2, 0.25) is 11.7 Å². The highest BCUT2D eigenvalue weighted by Crippen LogP contribution is 2.21. The molecule has 4 nitrogen and oxygen atoms in total. The molecule has 94 valence electrons. The van der Waals surface area contributed by atoms with Crippen molar-refractivity contribution in [2.45, 2.75) is 19.4 Å². The van der Waals surface area contributed by atoms with Gasteiger partial charge in [0, 0.05) is 5.56 Å². The molecule has 0 aliphatic heterocycles. The molecule has 0 spiro atoms. The van der Waals surface area contributed by atoms with Gasteiger partial charge in [-0.05, 0) is 37.1 Å². The topological polar surface area (TPSA) is 64.9 Å². The van der Waals surface area contributed by atoms with Crippen LogP contribution in [0, 0.1) is 12.7 Å². The van der Waals surface area contributed by atoms with Crippen molar-refractivity contribution in [2.24, 2.45) is 5.73 Å². The van der Waals surface area contributed by atoms with Crippen LogP contribution in [0.5, 0.6) is 0 Å². The van der Waals surface area contributed by atoms with E-state index in [0.717, 1.165) is 5.56 Å². The molecule has 1 atom stereocenters. The minimum absolute atomic E-state index is 0.326. The van der Waals surface area contributed by atoms with Crippen molar-refractivity contribution in [1.82, 2.24) is 10.1 Å². The van der Waals surface area contributed by atoms with Gasteiger partial charge in [-0.15, -0.1) is 6.58 Å². The fraction of sp³-hybridized carbons (Fsp3) is 0.231. The second-order valence-corrected chi connectivity index (χ2v) is 4.10. The molecule has 0 aliphatic rings. The Labute approximate surface area is 104 Å². The summed E-state index contributed by atoms with van der Waals surface area (Å²) in [6.45, 7) is 5.40. The van der Waals surface area contributed by atoms with Gasteiger partial charge in [-0.3, -0.25) is 0 Å². The average molecular weight is 247 g/mol. The van der Waals surface area contributed by atoms with Gasteiger partial charge in [-0.25, -0.2) is 4.39 Å². The number of nitrogens with zero attached hydrogens (tertiary/aromatic N) is 2. The molecule has 1 aromatic heterocycles. The maximum Gasteiger partial charge on any atom is 0.244 e. The van der Waals surface area contributed by atoms with Gasteiger partial charge >= 0.3 is 0 Å². The number of halogens is 1. The summed E-state index contributed by atoms with van der Waals surface area (Å²) in [6.07, 6.45) is 2.23. The number of rotatable bonds is 4. The van der Waals surface area contributed by atoms with E-state index >= 15 is 0 Å². The van der Waals surface area contributed by atoms with Crippen molar-refractivity contribution in [3.63, 3.8) is 0 Å². The Hall–Kier alpha value is -2.01. The van der Waals surface area contributed by atoms with Crippen LogP contribution in [0.1, 0.15) is 23.9 Å². The van der Waals surface area contributed by atoms with E-state index in [1.54, 1.807) is 19.1 Å². The highest BCUT2D eigenvalue weighted by molar-refractivity contribution is 5.55. The molecule has 0 bridgehead atoms. The third-order valence-corrected chi connectivity index (χ3v) is 2.48. The molecule has 2 aromatic rings. The molecular formula is C13H14FN3O. The van der Waals surface area contributed by atoms with E-state index in [1.165, 1.54) is 12.1 Å². The third-order valence-electron chi connectivity index (χ3n) is 2.48. The van der Waals surface area contributed by atoms with Gasteiger partial charge in [0.15, 0.2) is 0 Å². The fourth-order valence-corrected chi connectivity index (χ4v) is 1.65. The van der Waals surface area contributed by atoms with Crippen LogP contribution in [0.3, 0.4) is 0 Å². The van der Waals surface area contributed by atoms with Crippen molar-refractivity contribution < 1.29 is 8.91 Å². The molecule has 2 N–H and O–H groups in total. The molecule has 0 saturated carbocycles. The van der Waals surface area contributed by atoms with Crippen LogP contribution in [0.15, 0.2) is 35.4 Å². The molecule has 1 unspecified atom stereocenters. The van der Waals surface area contributed by atoms with Gasteiger partial charge in [0.1, 0.15) is 5.82 Å². The maximum atomic E-state index is 13.3. The molecule has 1 aromatic carbocycles. The first kappa shape index (κ1) is 12.4. The zero-order chi connectivity index (χ0) is 13.1. The van der Waals surface area contributed by atoms with Gasteiger partial charge in [0.05, 0.1) is 6.04 Å². The summed E-state index contributed by atoms with van der Waals surface area (Å²) in [5.41, 5.74) is 7.19. The molecule has 1 heterocycles. The van der Waals surface area contributed by atoms with Crippen molar-refractivity contribution >= 4 is 0 Å². The van der Waals surface area contributed by atoms with E-state index in [0.29, 0.717) is 23.7 Å². The molecule has 0 amide bonds. The Morgan fingerprint density at radius 3 is 2.94 bits per heavy atom. The zero-order valence-electron chi connectivity index (χ0n) is 10.1. The number of nitrogens with two attached hydrogens (primary N) is 1. The quantitative estimate of drug-likeness (QED) is 0.844. The van der Waals surface area contributed by atoms with Gasteiger partial charge in [0.25, 0.3) is 0 Å². The summed E-state index contributed by atoms with van der Waals surface area (Å²) in [5, 5.41) is 3.80. The SMILES string of the molecule is C=CCC(N)c1nc(-c2cc(C)cc(F)c2)no1. The molecule has 0 radical (unpaired) electrons. The molecule has 0 aliphatic carbocycles. The average Bonchev–Trinajstić information content (AvgIpc) is 2.77. The van der Waals surface area contributed by atoms with Gasteiger partial charge < -0.3 is 10.3 Å². The largest absolute Gasteiger partial charge is 0.337 e. The van der Waals surface area contributed by atoms with Crippen molar-refractivity contribution in [1.29, 1.82) is 0 Å². The van der Waals surface area contributed by atoms with Crippen molar-refractivity contribution in [3.8, 4) is 11.4 Å². The Morgan fingerprint density at radius 2 is 2.28 bits per heavy atom. The second-order valence-electron chi connectivity index (χ2n) is 4.10. The van der Waals surface area contributed by atoms with Crippen LogP contribution in [0.4, 0.5) is 4.39 Å². The first-order valence-electron chi connectivity index (χ1n) is 5.58. The highest BCUT2D eigenvalue weighted by atomic mass is 19.1. The van der Waals surface area contributed by atoms with E-state index in [-0.39, 0.29) is 11.9 Å². The Morgan fingerprint density at radius 1 is 1.50 bits per heavy atom. The number of hydrogen-bond acceptors (Lipinski definition) is 4. The van der Waals surface area contributed by atoms with E-state index in [9.17, 15) is 4.39 Å². The lowest BCUT2D eigenvalue weighted by Gasteiger charge is -2.00. The van der Waals surface area contributed by atoms with Gasteiger partial charge in [-0.2, -0.15) is 4.98 Å². The zero-order valence-corrected chi connectivity index (χ0v) is 10.1. The highest BCUT2D eigenvalue weighted by Gasteiger charge is 2.15. The third kappa shape index (κ3) is 2.62. The molecule has 0 saturated heterocycles. The number of aryl methyl sites for hydroxylation is 1. The lowest BCUT2D eigenvalue weighted by molar-refractivity contribution is 0.356. The summed E-state index contributed by atoms with van der Waals surface area (Å²) < 4.78 is 18.3. The fourth-order valence-electron chi connectivity index (χ4n) is 1.65. The Balaban J connectivity index is 2.31. The van der Waals surface area contributed by atoms with Crippen molar-refractivity contribution in [3.05, 3.63) is 48.1 Å². The predicted octanol–water partition coefficient (Wildman–Crippen LogP) is 2.76. The smallest absolute Gasteiger partial charge is 0.244 e. The molecular weight excluding hydrogens is 233 g/mol. The lowest BCUT2D eigenvalue weighted by atomic mass is 10.1. The van der Waals surface area contributed by atoms with E-state index in [4.69, 9.17) is 10.3 Å². The van der Waals surface area contributed by atoms with Crippen LogP contribution in [0.2, 0.25) is 0 Å². The molecule has 2 rings (SSSR count). The minimum Gasteiger partial charge on any atom is -0.337 e. The summed E-state index contributed by atoms with van der Waals surface area (Å²) in [5.74, 6) is 0.339. The normalized spacial score (nSPS) is 12.4. The van der Waals surface area contributed by atoms with Crippen LogP contribution in [-0.2, 0) is 0 Å². The van der Waals surface area contributed by atoms with Crippen LogP contribution >= 0.6 is 0 Å². The monoisotopic (exact) mass is 247 g/mol. The molecule has 0 fully saturated rings. The number of hydrogen-bond donors (Lipinski definition) is 1. The van der Waals surface area contributed by atoms with Crippen LogP contribution < -0.4 is 5.73 Å². The first-order chi connectivity index (χ1) is 8.60. The van der Waals surface area contributed by atoms with Crippen LogP contribution in [-0.4, -0.2) is 10.1 Å². The van der Waals surface area contributed by atoms with E-state index in [2.05, 4.69) is 16.7 Å². The first-order valence-corrected chi connectivity index (χ1v) is 5.58. The second kappa shape index (κ2) is 5.10. The molecule has 18 heavy (non-hydrogen) atoms. The number of benzene rings is 1. The maximum absolute atomic E-state index is 13.3. The summed E-state index contributed by atoms with van der Waals surface area (Å²) in [7, 11) is 0. The van der Waals surface area contributed by atoms with E-state index < -0.39 is 0 Å². The molecule has 5 heteroatoms. The number of aromatic nitrogens is 2. The van der Waals surface area contributed by atoms with E-state index in [1.807, 2.05) is 0 Å².